The Balaban J connectivity index is 2.03. The Labute approximate surface area is 178 Å². The molecule has 0 spiro atoms. The molecule has 0 fully saturated rings. The number of aromatic nitrogens is 1. The number of nitrogens with one attached hydrogen (secondary N) is 1. The van der Waals surface area contributed by atoms with Crippen LogP contribution in [0.1, 0.15) is 16.8 Å². The Morgan fingerprint density at radius 1 is 1.31 bits per heavy atom. The van der Waals surface area contributed by atoms with Crippen LogP contribution in [0, 0.1) is 6.92 Å². The molecule has 1 aromatic heterocycles. The lowest BCUT2D eigenvalue weighted by Crippen LogP contribution is -2.18. The average Bonchev–Trinajstić information content (AvgIpc) is 2.74. The number of carbonyl (C=O) groups is 1. The molecule has 1 aliphatic heterocycles. The van der Waals surface area contributed by atoms with Crippen molar-refractivity contribution in [2.75, 3.05) is 25.6 Å². The zero-order valence-corrected chi connectivity index (χ0v) is 17.7. The number of ether oxygens (including phenoxy) is 2. The first kappa shape index (κ1) is 19.8. The Hall–Kier alpha value is -2.50. The monoisotopic (exact) mass is 430 g/mol. The van der Waals surface area contributed by atoms with Crippen molar-refractivity contribution in [2.24, 2.45) is 0 Å². The maximum atomic E-state index is 12.1. The molecule has 5 nitrogen and oxygen atoms in total. The molecular formula is C22H20Cl2N2O3. The van der Waals surface area contributed by atoms with Crippen molar-refractivity contribution in [2.45, 2.75) is 19.2 Å². The number of aryl methyl sites for hydroxylation is 1. The summed E-state index contributed by atoms with van der Waals surface area (Å²) >= 11 is 12.8. The quantitative estimate of drug-likeness (QED) is 0.459. The minimum atomic E-state index is -0.330. The maximum absolute atomic E-state index is 12.1. The van der Waals surface area contributed by atoms with Gasteiger partial charge in [-0.15, -0.1) is 11.6 Å². The van der Waals surface area contributed by atoms with Crippen molar-refractivity contribution in [1.29, 1.82) is 0 Å². The number of halogens is 2. The molecule has 0 amide bonds. The lowest BCUT2D eigenvalue weighted by molar-refractivity contribution is -0.139. The fraction of sp³-hybridized carbons (Fsp3) is 0.273. The van der Waals surface area contributed by atoms with Gasteiger partial charge >= 0.3 is 5.97 Å². The van der Waals surface area contributed by atoms with Crippen molar-refractivity contribution in [3.05, 3.63) is 52.2 Å². The molecule has 0 saturated heterocycles. The SMILES string of the molecule is COC(=O)Cc1c(C)nc2cc(CCl)ccc2c1-c1ccc2c(c1Cl)NCCO2. The van der Waals surface area contributed by atoms with Gasteiger partial charge in [-0.25, -0.2) is 0 Å². The highest BCUT2D eigenvalue weighted by Gasteiger charge is 2.23. The van der Waals surface area contributed by atoms with Gasteiger partial charge in [-0.1, -0.05) is 23.7 Å². The van der Waals surface area contributed by atoms with Gasteiger partial charge in [-0.3, -0.25) is 9.78 Å². The van der Waals surface area contributed by atoms with E-state index in [-0.39, 0.29) is 12.4 Å². The first-order valence-corrected chi connectivity index (χ1v) is 10.2. The first-order valence-electron chi connectivity index (χ1n) is 9.28. The smallest absolute Gasteiger partial charge is 0.310 e. The molecule has 0 atom stereocenters. The number of methoxy groups -OCH3 is 1. The minimum absolute atomic E-state index is 0.106. The molecule has 3 aromatic rings. The number of nitrogens with zero attached hydrogens (tertiary/aromatic N) is 1. The molecule has 150 valence electrons. The highest BCUT2D eigenvalue weighted by atomic mass is 35.5. The second kappa shape index (κ2) is 8.09. The van der Waals surface area contributed by atoms with E-state index in [9.17, 15) is 4.79 Å². The van der Waals surface area contributed by atoms with Crippen molar-refractivity contribution in [3.8, 4) is 16.9 Å². The van der Waals surface area contributed by atoms with Gasteiger partial charge < -0.3 is 14.8 Å². The van der Waals surface area contributed by atoms with E-state index < -0.39 is 0 Å². The second-order valence-electron chi connectivity index (χ2n) is 6.86. The molecule has 0 aliphatic carbocycles. The van der Waals surface area contributed by atoms with E-state index in [4.69, 9.17) is 37.7 Å². The summed E-state index contributed by atoms with van der Waals surface area (Å²) in [5.74, 6) is 0.791. The standard InChI is InChI=1S/C22H20Cl2N2O3/c1-12-16(10-19(27)28-2)20(14-4-3-13(11-23)9-17(14)26-12)15-5-6-18-22(21(15)24)25-7-8-29-18/h3-6,9,25H,7-8,10-11H2,1-2H3. The lowest BCUT2D eigenvalue weighted by Gasteiger charge is -2.23. The van der Waals surface area contributed by atoms with E-state index in [1.165, 1.54) is 7.11 Å². The molecule has 1 aliphatic rings. The van der Waals surface area contributed by atoms with Crippen molar-refractivity contribution in [1.82, 2.24) is 4.98 Å². The van der Waals surface area contributed by atoms with Crippen LogP contribution in [0.25, 0.3) is 22.0 Å². The van der Waals surface area contributed by atoms with E-state index in [1.807, 2.05) is 37.3 Å². The average molecular weight is 431 g/mol. The van der Waals surface area contributed by atoms with E-state index >= 15 is 0 Å². The molecule has 7 heteroatoms. The number of rotatable bonds is 4. The van der Waals surface area contributed by atoms with Crippen LogP contribution >= 0.6 is 23.2 Å². The minimum Gasteiger partial charge on any atom is -0.490 e. The predicted octanol–water partition coefficient (Wildman–Crippen LogP) is 5.12. The number of anilines is 1. The molecule has 4 rings (SSSR count). The summed E-state index contributed by atoms with van der Waals surface area (Å²) in [6, 6.07) is 9.74. The lowest BCUT2D eigenvalue weighted by atomic mass is 9.91. The van der Waals surface area contributed by atoms with Gasteiger partial charge in [0.15, 0.2) is 0 Å². The summed E-state index contributed by atoms with van der Waals surface area (Å²) in [6.45, 7) is 3.16. The van der Waals surface area contributed by atoms with Gasteiger partial charge in [0.2, 0.25) is 0 Å². The van der Waals surface area contributed by atoms with Crippen LogP contribution in [-0.2, 0) is 21.8 Å². The molecule has 2 aromatic carbocycles. The fourth-order valence-electron chi connectivity index (χ4n) is 3.67. The summed E-state index contributed by atoms with van der Waals surface area (Å²) in [4.78, 5) is 16.9. The summed E-state index contributed by atoms with van der Waals surface area (Å²) in [5.41, 5.74) is 5.78. The molecule has 2 heterocycles. The topological polar surface area (TPSA) is 60.5 Å². The predicted molar refractivity (Wildman–Crippen MR) is 116 cm³/mol. The van der Waals surface area contributed by atoms with Crippen LogP contribution in [0.2, 0.25) is 5.02 Å². The largest absolute Gasteiger partial charge is 0.490 e. The highest BCUT2D eigenvalue weighted by molar-refractivity contribution is 6.37. The summed E-state index contributed by atoms with van der Waals surface area (Å²) in [5, 5.41) is 4.77. The third-order valence-electron chi connectivity index (χ3n) is 5.10. The Morgan fingerprint density at radius 3 is 2.90 bits per heavy atom. The van der Waals surface area contributed by atoms with E-state index in [0.29, 0.717) is 24.1 Å². The van der Waals surface area contributed by atoms with Crippen LogP contribution in [-0.4, -0.2) is 31.2 Å². The van der Waals surface area contributed by atoms with Crippen LogP contribution in [0.3, 0.4) is 0 Å². The Bertz CT molecular complexity index is 1120. The van der Waals surface area contributed by atoms with Crippen LogP contribution in [0.15, 0.2) is 30.3 Å². The van der Waals surface area contributed by atoms with Gasteiger partial charge in [-0.05, 0) is 41.8 Å². The number of hydrogen-bond acceptors (Lipinski definition) is 5. The fourth-order valence-corrected chi connectivity index (χ4v) is 4.15. The molecule has 0 radical (unpaired) electrons. The normalized spacial score (nSPS) is 12.8. The molecule has 0 unspecified atom stereocenters. The summed E-state index contributed by atoms with van der Waals surface area (Å²) in [6.07, 6.45) is 0.106. The number of fused-ring (bicyclic) bond motifs is 2. The summed E-state index contributed by atoms with van der Waals surface area (Å²) in [7, 11) is 1.38. The van der Waals surface area contributed by atoms with Crippen LogP contribution in [0.5, 0.6) is 5.75 Å². The van der Waals surface area contributed by atoms with Gasteiger partial charge in [0.25, 0.3) is 0 Å². The van der Waals surface area contributed by atoms with Crippen LogP contribution in [0.4, 0.5) is 5.69 Å². The molecule has 0 saturated carbocycles. The highest BCUT2D eigenvalue weighted by Crippen LogP contribution is 2.44. The zero-order valence-electron chi connectivity index (χ0n) is 16.1. The third kappa shape index (κ3) is 3.61. The van der Waals surface area contributed by atoms with E-state index in [1.54, 1.807) is 0 Å². The van der Waals surface area contributed by atoms with Crippen LogP contribution < -0.4 is 10.1 Å². The third-order valence-corrected chi connectivity index (χ3v) is 5.80. The Morgan fingerprint density at radius 2 is 2.14 bits per heavy atom. The molecule has 29 heavy (non-hydrogen) atoms. The summed E-state index contributed by atoms with van der Waals surface area (Å²) < 4.78 is 10.6. The van der Waals surface area contributed by atoms with E-state index in [2.05, 4.69) is 5.32 Å². The van der Waals surface area contributed by atoms with Gasteiger partial charge in [0, 0.05) is 29.1 Å². The Kier molecular flexibility index (Phi) is 5.52. The first-order chi connectivity index (χ1) is 14.0. The van der Waals surface area contributed by atoms with E-state index in [0.717, 1.165) is 50.3 Å². The van der Waals surface area contributed by atoms with Gasteiger partial charge in [0.05, 0.1) is 29.8 Å². The zero-order chi connectivity index (χ0) is 20.5. The van der Waals surface area contributed by atoms with Gasteiger partial charge in [-0.2, -0.15) is 0 Å². The van der Waals surface area contributed by atoms with Crippen molar-refractivity contribution >= 4 is 45.8 Å². The number of hydrogen-bond donors (Lipinski definition) is 1. The second-order valence-corrected chi connectivity index (χ2v) is 7.51. The molecular weight excluding hydrogens is 411 g/mol. The maximum Gasteiger partial charge on any atom is 0.310 e. The van der Waals surface area contributed by atoms with Crippen molar-refractivity contribution < 1.29 is 14.3 Å². The van der Waals surface area contributed by atoms with Gasteiger partial charge in [0.1, 0.15) is 12.4 Å². The number of esters is 1. The number of alkyl halides is 1. The number of benzene rings is 2. The van der Waals surface area contributed by atoms with Crippen molar-refractivity contribution in [3.63, 3.8) is 0 Å². The molecule has 1 N–H and O–H groups in total. The number of pyridine rings is 1. The molecule has 0 bridgehead atoms. The number of carbonyl (C=O) groups excluding carboxylic acids is 1.